The van der Waals surface area contributed by atoms with Crippen LogP contribution in [0.2, 0.25) is 0 Å². The summed E-state index contributed by atoms with van der Waals surface area (Å²) < 4.78 is 45.0. The van der Waals surface area contributed by atoms with Crippen LogP contribution in [0.4, 0.5) is 5.13 Å². The van der Waals surface area contributed by atoms with Crippen LogP contribution < -0.4 is 19.5 Å². The number of hydrogen-bond acceptors (Lipinski definition) is 10. The lowest BCUT2D eigenvalue weighted by Crippen LogP contribution is -2.16. The van der Waals surface area contributed by atoms with Crippen LogP contribution in [0.1, 0.15) is 25.0 Å². The lowest BCUT2D eigenvalue weighted by Gasteiger charge is -2.12. The smallest absolute Gasteiger partial charge is 0.268 e. The lowest BCUT2D eigenvalue weighted by atomic mass is 10.1. The number of amides is 1. The van der Waals surface area contributed by atoms with Gasteiger partial charge >= 0.3 is 0 Å². The summed E-state index contributed by atoms with van der Waals surface area (Å²) in [5.74, 6) is 0.882. The first kappa shape index (κ1) is 27.6. The van der Waals surface area contributed by atoms with Gasteiger partial charge < -0.3 is 14.2 Å². The van der Waals surface area contributed by atoms with Gasteiger partial charge in [0.05, 0.1) is 12.4 Å². The number of nitrogens with zero attached hydrogens (tertiary/aromatic N) is 3. The minimum Gasteiger partial charge on any atom is -0.493 e. The topological polar surface area (TPSA) is 140 Å². The summed E-state index contributed by atoms with van der Waals surface area (Å²) in [4.78, 5) is 16.5. The van der Waals surface area contributed by atoms with Crippen molar-refractivity contribution in [3.63, 3.8) is 0 Å². The van der Waals surface area contributed by atoms with E-state index in [0.29, 0.717) is 23.7 Å². The standard InChI is InChI=1S/C25H26N4O6S2/c1-16(2)37(31,32)25-28-24(36-29-25)27-23(30)19(15-26)13-18-7-10-21(22(14-18)33-4)35-12-11-34-20-8-5-17(3)6-9-20/h5-10,13-14,16H,11-12H2,1-4H3,(H,27,28,29,30)/b19-13-. The van der Waals surface area contributed by atoms with E-state index in [1.54, 1.807) is 18.2 Å². The molecule has 2 aromatic carbocycles. The van der Waals surface area contributed by atoms with Gasteiger partial charge in [-0.2, -0.15) is 14.6 Å². The van der Waals surface area contributed by atoms with Crippen LogP contribution >= 0.6 is 11.5 Å². The van der Waals surface area contributed by atoms with Crippen molar-refractivity contribution in [1.82, 2.24) is 9.36 Å². The van der Waals surface area contributed by atoms with E-state index in [0.717, 1.165) is 22.8 Å². The zero-order valence-corrected chi connectivity index (χ0v) is 22.4. The Balaban J connectivity index is 1.65. The van der Waals surface area contributed by atoms with Gasteiger partial charge in [0, 0.05) is 11.5 Å². The van der Waals surface area contributed by atoms with E-state index in [9.17, 15) is 18.5 Å². The molecule has 3 rings (SSSR count). The third-order valence-electron chi connectivity index (χ3n) is 5.00. The molecular weight excluding hydrogens is 516 g/mol. The molecule has 194 valence electrons. The zero-order valence-electron chi connectivity index (χ0n) is 20.7. The largest absolute Gasteiger partial charge is 0.493 e. The predicted molar refractivity (Wildman–Crippen MR) is 140 cm³/mol. The SMILES string of the molecule is COc1cc(/C=C(/C#N)C(=O)Nc2nc(S(=O)(=O)C(C)C)ns2)ccc1OCCOc1ccc(C)cc1. The number of ether oxygens (including phenoxy) is 3. The first-order valence-corrected chi connectivity index (χ1v) is 13.5. The molecule has 0 atom stereocenters. The van der Waals surface area contributed by atoms with E-state index in [-0.39, 0.29) is 22.5 Å². The van der Waals surface area contributed by atoms with Gasteiger partial charge in [0.15, 0.2) is 11.5 Å². The van der Waals surface area contributed by atoms with E-state index in [2.05, 4.69) is 14.7 Å². The highest BCUT2D eigenvalue weighted by Crippen LogP contribution is 2.29. The number of aryl methyl sites for hydroxylation is 1. The highest BCUT2D eigenvalue weighted by Gasteiger charge is 2.25. The fourth-order valence-electron chi connectivity index (χ4n) is 2.91. The molecule has 0 radical (unpaired) electrons. The summed E-state index contributed by atoms with van der Waals surface area (Å²) in [6.45, 7) is 5.63. The summed E-state index contributed by atoms with van der Waals surface area (Å²) in [5.41, 5.74) is 1.45. The van der Waals surface area contributed by atoms with Crippen molar-refractivity contribution in [2.45, 2.75) is 31.2 Å². The van der Waals surface area contributed by atoms with Crippen LogP contribution in [0.15, 0.2) is 53.2 Å². The van der Waals surface area contributed by atoms with Gasteiger partial charge in [-0.3, -0.25) is 10.1 Å². The molecule has 1 N–H and O–H groups in total. The maximum Gasteiger partial charge on any atom is 0.268 e. The predicted octanol–water partition coefficient (Wildman–Crippen LogP) is 4.04. The summed E-state index contributed by atoms with van der Waals surface area (Å²) in [6.07, 6.45) is 1.37. The average Bonchev–Trinajstić information content (AvgIpc) is 3.35. The maximum absolute atomic E-state index is 12.6. The van der Waals surface area contributed by atoms with Gasteiger partial charge in [0.25, 0.3) is 11.1 Å². The van der Waals surface area contributed by atoms with Gasteiger partial charge in [0.1, 0.15) is 30.6 Å². The molecule has 1 amide bonds. The zero-order chi connectivity index (χ0) is 27.0. The monoisotopic (exact) mass is 542 g/mol. The number of hydrogen-bond donors (Lipinski definition) is 1. The molecule has 1 aromatic heterocycles. The van der Waals surface area contributed by atoms with E-state index >= 15 is 0 Å². The molecule has 0 saturated heterocycles. The number of aromatic nitrogens is 2. The van der Waals surface area contributed by atoms with E-state index in [1.807, 2.05) is 37.3 Å². The normalized spacial score (nSPS) is 11.6. The summed E-state index contributed by atoms with van der Waals surface area (Å²) in [7, 11) is -2.20. The molecule has 0 aliphatic rings. The molecule has 0 saturated carbocycles. The van der Waals surface area contributed by atoms with Crippen LogP contribution in [0.5, 0.6) is 17.2 Å². The quantitative estimate of drug-likeness (QED) is 0.216. The number of rotatable bonds is 11. The Kier molecular flexibility index (Phi) is 9.21. The molecule has 37 heavy (non-hydrogen) atoms. The summed E-state index contributed by atoms with van der Waals surface area (Å²) in [5, 5.41) is 10.8. The lowest BCUT2D eigenvalue weighted by molar-refractivity contribution is -0.112. The minimum absolute atomic E-state index is 0.0282. The number of nitrogens with one attached hydrogen (secondary N) is 1. The van der Waals surface area contributed by atoms with Crippen molar-refractivity contribution in [2.75, 3.05) is 25.6 Å². The molecule has 0 aliphatic heterocycles. The van der Waals surface area contributed by atoms with Crippen LogP contribution in [0.3, 0.4) is 0 Å². The van der Waals surface area contributed by atoms with Crippen molar-refractivity contribution >= 4 is 38.5 Å². The number of carbonyl (C=O) groups is 1. The Labute approximate surface area is 219 Å². The molecule has 0 aliphatic carbocycles. The summed E-state index contributed by atoms with van der Waals surface area (Å²) >= 11 is 0.717. The number of sulfone groups is 1. The third-order valence-corrected chi connectivity index (χ3v) is 7.68. The number of carbonyl (C=O) groups excluding carboxylic acids is 1. The summed E-state index contributed by atoms with van der Waals surface area (Å²) in [6, 6.07) is 14.5. The Morgan fingerprint density at radius 2 is 1.84 bits per heavy atom. The molecule has 0 bridgehead atoms. The van der Waals surface area contributed by atoms with E-state index in [4.69, 9.17) is 14.2 Å². The third kappa shape index (κ3) is 7.28. The van der Waals surface area contributed by atoms with Crippen molar-refractivity contribution in [1.29, 1.82) is 5.26 Å². The molecule has 0 fully saturated rings. The second-order valence-corrected chi connectivity index (χ2v) is 11.2. The van der Waals surface area contributed by atoms with Gasteiger partial charge in [-0.25, -0.2) is 8.42 Å². The minimum atomic E-state index is -3.68. The number of nitriles is 1. The van der Waals surface area contributed by atoms with E-state index < -0.39 is 21.0 Å². The van der Waals surface area contributed by atoms with E-state index in [1.165, 1.54) is 27.0 Å². The highest BCUT2D eigenvalue weighted by atomic mass is 32.2. The van der Waals surface area contributed by atoms with Crippen LogP contribution in [-0.4, -0.2) is 49.3 Å². The fraction of sp³-hybridized carbons (Fsp3) is 0.280. The average molecular weight is 543 g/mol. The molecule has 0 unspecified atom stereocenters. The van der Waals surface area contributed by atoms with Crippen molar-refractivity contribution < 1.29 is 27.4 Å². The number of benzene rings is 2. The van der Waals surface area contributed by atoms with Gasteiger partial charge in [-0.05, 0) is 56.7 Å². The molecule has 3 aromatic rings. The number of anilines is 1. The first-order valence-electron chi connectivity index (χ1n) is 11.1. The van der Waals surface area contributed by atoms with Gasteiger partial charge in [-0.15, -0.1) is 0 Å². The Morgan fingerprint density at radius 1 is 1.14 bits per heavy atom. The molecule has 12 heteroatoms. The fourth-order valence-corrected chi connectivity index (χ4v) is 4.60. The van der Waals surface area contributed by atoms with Crippen molar-refractivity contribution in [3.8, 4) is 23.3 Å². The molecule has 10 nitrogen and oxygen atoms in total. The molecular formula is C25H26N4O6S2. The first-order chi connectivity index (χ1) is 17.6. The second kappa shape index (κ2) is 12.3. The second-order valence-electron chi connectivity index (χ2n) is 8.02. The Morgan fingerprint density at radius 3 is 2.49 bits per heavy atom. The Hall–Kier alpha value is -3.95. The maximum atomic E-state index is 12.6. The molecule has 0 spiro atoms. The number of methoxy groups -OCH3 is 1. The van der Waals surface area contributed by atoms with Gasteiger partial charge in [-0.1, -0.05) is 23.8 Å². The van der Waals surface area contributed by atoms with Gasteiger partial charge in [0.2, 0.25) is 15.0 Å². The van der Waals surface area contributed by atoms with Crippen molar-refractivity contribution in [3.05, 3.63) is 59.2 Å². The van der Waals surface area contributed by atoms with Crippen LogP contribution in [0, 0.1) is 18.3 Å². The van der Waals surface area contributed by atoms with Crippen LogP contribution in [-0.2, 0) is 14.6 Å². The highest BCUT2D eigenvalue weighted by molar-refractivity contribution is 7.91. The van der Waals surface area contributed by atoms with Crippen molar-refractivity contribution in [2.24, 2.45) is 0 Å². The Bertz CT molecular complexity index is 1420. The van der Waals surface area contributed by atoms with Crippen LogP contribution in [0.25, 0.3) is 6.08 Å². The molecule has 1 heterocycles.